The van der Waals surface area contributed by atoms with E-state index < -0.39 is 0 Å². The normalized spacial score (nSPS) is 14.5. The van der Waals surface area contributed by atoms with Gasteiger partial charge >= 0.3 is 0 Å². The van der Waals surface area contributed by atoms with Gasteiger partial charge in [-0.25, -0.2) is 0 Å². The Morgan fingerprint density at radius 1 is 1.24 bits per heavy atom. The van der Waals surface area contributed by atoms with Crippen LogP contribution in [0.2, 0.25) is 0 Å². The van der Waals surface area contributed by atoms with Gasteiger partial charge in [0.2, 0.25) is 0 Å². The van der Waals surface area contributed by atoms with Gasteiger partial charge in [0.15, 0.2) is 11.5 Å². The van der Waals surface area contributed by atoms with Crippen molar-refractivity contribution in [2.45, 2.75) is 25.8 Å². The Bertz CT molecular complexity index is 390. The number of hydrogen-bond donors (Lipinski definition) is 2. The van der Waals surface area contributed by atoms with Gasteiger partial charge in [-0.05, 0) is 32.4 Å². The molecule has 0 saturated heterocycles. The van der Waals surface area contributed by atoms with Crippen molar-refractivity contribution < 1.29 is 14.6 Å². The van der Waals surface area contributed by atoms with Crippen LogP contribution in [0.5, 0.6) is 11.5 Å². The van der Waals surface area contributed by atoms with Gasteiger partial charge in [-0.3, -0.25) is 0 Å². The van der Waals surface area contributed by atoms with E-state index in [4.69, 9.17) is 14.6 Å². The van der Waals surface area contributed by atoms with Gasteiger partial charge in [0.05, 0.1) is 0 Å². The average Bonchev–Trinajstić information content (AvgIpc) is 2.28. The number of ether oxygens (including phenoxy) is 2. The zero-order valence-corrected chi connectivity index (χ0v) is 10.3. The van der Waals surface area contributed by atoms with E-state index in [0.717, 1.165) is 17.2 Å². The molecule has 0 atom stereocenters. The molecule has 0 unspecified atom stereocenters. The van der Waals surface area contributed by atoms with Crippen molar-refractivity contribution in [3.05, 3.63) is 18.2 Å². The molecule has 0 bridgehead atoms. The minimum Gasteiger partial charge on any atom is -0.486 e. The van der Waals surface area contributed by atoms with E-state index in [9.17, 15) is 0 Å². The second kappa shape index (κ2) is 4.84. The Hall–Kier alpha value is -1.42. The molecule has 1 aromatic rings. The van der Waals surface area contributed by atoms with Crippen LogP contribution in [-0.2, 0) is 0 Å². The predicted octanol–water partition coefficient (Wildman–Crippen LogP) is 2.03. The maximum Gasteiger partial charge on any atom is 0.163 e. The maximum absolute atomic E-state index is 8.99. The predicted molar refractivity (Wildman–Crippen MR) is 66.8 cm³/mol. The van der Waals surface area contributed by atoms with Gasteiger partial charge in [0.1, 0.15) is 13.2 Å². The highest BCUT2D eigenvalue weighted by Crippen LogP contribution is 2.33. The lowest BCUT2D eigenvalue weighted by molar-refractivity contribution is 0.171. The lowest BCUT2D eigenvalue weighted by atomic mass is 10.0. The van der Waals surface area contributed by atoms with Crippen molar-refractivity contribution in [1.29, 1.82) is 0 Å². The number of aliphatic hydroxyl groups excluding tert-OH is 1. The van der Waals surface area contributed by atoms with Crippen molar-refractivity contribution in [2.75, 3.05) is 25.1 Å². The minimum absolute atomic E-state index is 0.140. The van der Waals surface area contributed by atoms with E-state index >= 15 is 0 Å². The summed E-state index contributed by atoms with van der Waals surface area (Å²) in [4.78, 5) is 0. The van der Waals surface area contributed by atoms with Gasteiger partial charge in [-0.15, -0.1) is 0 Å². The number of anilines is 1. The molecular weight excluding hydrogens is 218 g/mol. The monoisotopic (exact) mass is 237 g/mol. The van der Waals surface area contributed by atoms with Crippen molar-refractivity contribution in [3.8, 4) is 11.5 Å². The molecule has 0 amide bonds. The SMILES string of the molecule is CC(C)(CCO)Nc1ccc2c(c1)OCCO2. The summed E-state index contributed by atoms with van der Waals surface area (Å²) >= 11 is 0. The number of aliphatic hydroxyl groups is 1. The van der Waals surface area contributed by atoms with Crippen molar-refractivity contribution in [2.24, 2.45) is 0 Å². The number of nitrogens with one attached hydrogen (secondary N) is 1. The van der Waals surface area contributed by atoms with Crippen LogP contribution in [0.4, 0.5) is 5.69 Å². The minimum atomic E-state index is -0.140. The van der Waals surface area contributed by atoms with Gasteiger partial charge in [-0.1, -0.05) is 0 Å². The maximum atomic E-state index is 8.99. The van der Waals surface area contributed by atoms with E-state index in [0.29, 0.717) is 19.6 Å². The van der Waals surface area contributed by atoms with Crippen LogP contribution < -0.4 is 14.8 Å². The lowest BCUT2D eigenvalue weighted by Crippen LogP contribution is -2.31. The summed E-state index contributed by atoms with van der Waals surface area (Å²) in [6.45, 7) is 5.48. The molecule has 4 nitrogen and oxygen atoms in total. The quantitative estimate of drug-likeness (QED) is 0.841. The summed E-state index contributed by atoms with van der Waals surface area (Å²) in [7, 11) is 0. The summed E-state index contributed by atoms with van der Waals surface area (Å²) in [5, 5.41) is 12.4. The fraction of sp³-hybridized carbons (Fsp3) is 0.538. The Morgan fingerprint density at radius 3 is 2.65 bits per heavy atom. The molecule has 1 heterocycles. The van der Waals surface area contributed by atoms with E-state index in [1.807, 2.05) is 18.2 Å². The summed E-state index contributed by atoms with van der Waals surface area (Å²) < 4.78 is 11.0. The molecule has 0 saturated carbocycles. The highest BCUT2D eigenvalue weighted by atomic mass is 16.6. The number of rotatable bonds is 4. The van der Waals surface area contributed by atoms with Crippen LogP contribution in [0.1, 0.15) is 20.3 Å². The van der Waals surface area contributed by atoms with Crippen LogP contribution in [0.3, 0.4) is 0 Å². The molecule has 4 heteroatoms. The third-order valence-electron chi connectivity index (χ3n) is 2.76. The summed E-state index contributed by atoms with van der Waals surface area (Å²) in [5.41, 5.74) is 0.839. The second-order valence-corrected chi connectivity index (χ2v) is 4.84. The van der Waals surface area contributed by atoms with Crippen LogP contribution in [0.25, 0.3) is 0 Å². The van der Waals surface area contributed by atoms with E-state index in [1.54, 1.807) is 0 Å². The smallest absolute Gasteiger partial charge is 0.163 e. The molecule has 0 fully saturated rings. The van der Waals surface area contributed by atoms with Gasteiger partial charge < -0.3 is 19.9 Å². The summed E-state index contributed by atoms with van der Waals surface area (Å²) in [5.74, 6) is 1.57. The molecule has 1 aromatic carbocycles. The molecule has 0 aliphatic carbocycles. The number of fused-ring (bicyclic) bond motifs is 1. The molecule has 17 heavy (non-hydrogen) atoms. The summed E-state index contributed by atoms with van der Waals surface area (Å²) in [6, 6.07) is 5.81. The first-order valence-corrected chi connectivity index (χ1v) is 5.89. The summed E-state index contributed by atoms with van der Waals surface area (Å²) in [6.07, 6.45) is 0.696. The van der Waals surface area contributed by atoms with Gasteiger partial charge in [-0.2, -0.15) is 0 Å². The highest BCUT2D eigenvalue weighted by Gasteiger charge is 2.18. The molecule has 1 aliphatic heterocycles. The van der Waals surface area contributed by atoms with Crippen LogP contribution in [-0.4, -0.2) is 30.5 Å². The molecule has 94 valence electrons. The first-order valence-electron chi connectivity index (χ1n) is 5.89. The number of benzene rings is 1. The zero-order chi connectivity index (χ0) is 12.3. The standard InChI is InChI=1S/C13H19NO3/c1-13(2,5-6-15)14-10-3-4-11-12(9-10)17-8-7-16-11/h3-4,9,14-15H,5-8H2,1-2H3. The third-order valence-corrected chi connectivity index (χ3v) is 2.76. The lowest BCUT2D eigenvalue weighted by Gasteiger charge is -2.27. The molecule has 0 spiro atoms. The molecular formula is C13H19NO3. The molecule has 1 aliphatic rings. The zero-order valence-electron chi connectivity index (χ0n) is 10.3. The Morgan fingerprint density at radius 2 is 1.94 bits per heavy atom. The van der Waals surface area contributed by atoms with Crippen LogP contribution in [0, 0.1) is 0 Å². The fourth-order valence-corrected chi connectivity index (χ4v) is 1.85. The second-order valence-electron chi connectivity index (χ2n) is 4.84. The number of hydrogen-bond acceptors (Lipinski definition) is 4. The first kappa shape index (κ1) is 12.0. The van der Waals surface area contributed by atoms with Gasteiger partial charge in [0.25, 0.3) is 0 Å². The van der Waals surface area contributed by atoms with Crippen molar-refractivity contribution >= 4 is 5.69 Å². The molecule has 2 rings (SSSR count). The molecule has 2 N–H and O–H groups in total. The fourth-order valence-electron chi connectivity index (χ4n) is 1.85. The third kappa shape index (κ3) is 3.03. The van der Waals surface area contributed by atoms with E-state index in [2.05, 4.69) is 19.2 Å². The van der Waals surface area contributed by atoms with Crippen LogP contribution >= 0.6 is 0 Å². The Labute approximate surface area is 102 Å². The van der Waals surface area contributed by atoms with Crippen molar-refractivity contribution in [3.63, 3.8) is 0 Å². The highest BCUT2D eigenvalue weighted by molar-refractivity contribution is 5.56. The van der Waals surface area contributed by atoms with E-state index in [-0.39, 0.29) is 12.1 Å². The molecule has 0 aromatic heterocycles. The molecule has 0 radical (unpaired) electrons. The topological polar surface area (TPSA) is 50.7 Å². The van der Waals surface area contributed by atoms with Crippen LogP contribution in [0.15, 0.2) is 18.2 Å². The largest absolute Gasteiger partial charge is 0.486 e. The Kier molecular flexibility index (Phi) is 3.43. The van der Waals surface area contributed by atoms with Crippen molar-refractivity contribution in [1.82, 2.24) is 0 Å². The average molecular weight is 237 g/mol. The van der Waals surface area contributed by atoms with Gasteiger partial charge in [0, 0.05) is 23.9 Å². The first-order chi connectivity index (χ1) is 8.11. The Balaban J connectivity index is 2.11. The van der Waals surface area contributed by atoms with E-state index in [1.165, 1.54) is 0 Å².